The van der Waals surface area contributed by atoms with Gasteiger partial charge in [0.05, 0.1) is 0 Å². The summed E-state index contributed by atoms with van der Waals surface area (Å²) >= 11 is 0. The Bertz CT molecular complexity index is 148. The molecule has 0 aromatic rings. The zero-order chi connectivity index (χ0) is 12.6. The molecular formula is C16H32NiO. The van der Waals surface area contributed by atoms with E-state index in [1.165, 1.54) is 77.0 Å². The molecule has 0 aromatic heterocycles. The molecule has 18 heavy (non-hydrogen) atoms. The van der Waals surface area contributed by atoms with E-state index in [4.69, 9.17) is 0 Å². The molecule has 0 bridgehead atoms. The van der Waals surface area contributed by atoms with E-state index in [0.29, 0.717) is 0 Å². The molecule has 2 heteroatoms. The summed E-state index contributed by atoms with van der Waals surface area (Å²) in [5.74, 6) is 0. The average Bonchev–Trinajstić information content (AvgIpc) is 2.35. The molecular weight excluding hydrogens is 267 g/mol. The summed E-state index contributed by atoms with van der Waals surface area (Å²) in [5.41, 5.74) is 0. The van der Waals surface area contributed by atoms with Gasteiger partial charge in [-0.25, -0.2) is 0 Å². The summed E-state index contributed by atoms with van der Waals surface area (Å²) in [6.07, 6.45) is 19.6. The Labute approximate surface area is 124 Å². The molecule has 112 valence electrons. The van der Waals surface area contributed by atoms with Crippen LogP contribution in [0.2, 0.25) is 0 Å². The molecule has 0 aliphatic rings. The molecule has 0 unspecified atom stereocenters. The fourth-order valence-corrected chi connectivity index (χ4v) is 2.25. The largest absolute Gasteiger partial charge is 0.303 e. The molecule has 0 spiro atoms. The molecule has 0 radical (unpaired) electrons. The predicted octanol–water partition coefficient (Wildman–Crippen LogP) is 5.66. The first-order valence-electron chi connectivity index (χ1n) is 7.85. The van der Waals surface area contributed by atoms with Crippen LogP contribution < -0.4 is 0 Å². The number of carbonyl (C=O) groups is 1. The van der Waals surface area contributed by atoms with Crippen LogP contribution in [0.1, 0.15) is 96.8 Å². The van der Waals surface area contributed by atoms with Crippen molar-refractivity contribution < 1.29 is 21.3 Å². The van der Waals surface area contributed by atoms with Crippen LogP contribution in [0, 0.1) is 0 Å². The van der Waals surface area contributed by atoms with Gasteiger partial charge in [-0.05, 0) is 6.42 Å². The van der Waals surface area contributed by atoms with E-state index in [9.17, 15) is 4.79 Å². The number of carbonyl (C=O) groups excluding carboxylic acids is 1. The van der Waals surface area contributed by atoms with Crippen molar-refractivity contribution >= 4 is 6.29 Å². The molecule has 1 nitrogen and oxygen atoms in total. The van der Waals surface area contributed by atoms with E-state index in [1.54, 1.807) is 0 Å². The van der Waals surface area contributed by atoms with E-state index in [1.807, 2.05) is 0 Å². The Morgan fingerprint density at radius 3 is 1.28 bits per heavy atom. The van der Waals surface area contributed by atoms with Crippen LogP contribution in [0.15, 0.2) is 0 Å². The third-order valence-corrected chi connectivity index (χ3v) is 3.43. The number of hydrogen-bond acceptors (Lipinski definition) is 1. The first kappa shape index (κ1) is 20.5. The summed E-state index contributed by atoms with van der Waals surface area (Å²) in [6, 6.07) is 0. The first-order chi connectivity index (χ1) is 8.41. The van der Waals surface area contributed by atoms with Gasteiger partial charge in [0, 0.05) is 22.9 Å². The number of unbranched alkanes of at least 4 members (excludes halogenated alkanes) is 13. The van der Waals surface area contributed by atoms with Crippen LogP contribution in [0.5, 0.6) is 0 Å². The van der Waals surface area contributed by atoms with Crippen LogP contribution in [0.4, 0.5) is 0 Å². The molecule has 0 heterocycles. The molecule has 0 aliphatic carbocycles. The van der Waals surface area contributed by atoms with Gasteiger partial charge in [-0.3, -0.25) is 0 Å². The van der Waals surface area contributed by atoms with Crippen molar-refractivity contribution in [3.8, 4) is 0 Å². The van der Waals surface area contributed by atoms with E-state index in [2.05, 4.69) is 6.92 Å². The minimum atomic E-state index is 0. The third-order valence-electron chi connectivity index (χ3n) is 3.43. The Kier molecular flexibility index (Phi) is 22.2. The maximum atomic E-state index is 10.1. The van der Waals surface area contributed by atoms with Gasteiger partial charge >= 0.3 is 0 Å². The molecule has 0 fully saturated rings. The van der Waals surface area contributed by atoms with Gasteiger partial charge in [0.25, 0.3) is 0 Å². The zero-order valence-electron chi connectivity index (χ0n) is 12.2. The summed E-state index contributed by atoms with van der Waals surface area (Å²) < 4.78 is 0. The molecule has 0 amide bonds. The van der Waals surface area contributed by atoms with Crippen molar-refractivity contribution in [2.45, 2.75) is 96.8 Å². The Morgan fingerprint density at radius 1 is 0.611 bits per heavy atom. The average molecular weight is 299 g/mol. The van der Waals surface area contributed by atoms with E-state index in [0.717, 1.165) is 19.1 Å². The van der Waals surface area contributed by atoms with Crippen LogP contribution >= 0.6 is 0 Å². The SMILES string of the molecule is CCCCCCCCCCCCCCCC=O.[Ni]. The predicted molar refractivity (Wildman–Crippen MR) is 76.4 cm³/mol. The van der Waals surface area contributed by atoms with Crippen molar-refractivity contribution in [3.05, 3.63) is 0 Å². The van der Waals surface area contributed by atoms with Gasteiger partial charge in [0.15, 0.2) is 0 Å². The van der Waals surface area contributed by atoms with Gasteiger partial charge in [-0.15, -0.1) is 0 Å². The quantitative estimate of drug-likeness (QED) is 0.230. The molecule has 0 N–H and O–H groups in total. The monoisotopic (exact) mass is 298 g/mol. The maximum absolute atomic E-state index is 10.1. The molecule has 0 rings (SSSR count). The van der Waals surface area contributed by atoms with Crippen molar-refractivity contribution in [2.75, 3.05) is 0 Å². The number of hydrogen-bond donors (Lipinski definition) is 0. The topological polar surface area (TPSA) is 17.1 Å². The zero-order valence-corrected chi connectivity index (χ0v) is 13.2. The number of aldehydes is 1. The minimum Gasteiger partial charge on any atom is -0.303 e. The van der Waals surface area contributed by atoms with E-state index < -0.39 is 0 Å². The first-order valence-corrected chi connectivity index (χ1v) is 7.85. The van der Waals surface area contributed by atoms with Crippen molar-refractivity contribution in [3.63, 3.8) is 0 Å². The fraction of sp³-hybridized carbons (Fsp3) is 0.938. The standard InChI is InChI=1S/C16H32O.Ni/c1-2-3-4-5-6-7-8-9-10-11-12-13-14-15-16-17;/h16H,2-15H2,1H3;. The maximum Gasteiger partial charge on any atom is 0.119 e. The van der Waals surface area contributed by atoms with Gasteiger partial charge in [0.2, 0.25) is 0 Å². The van der Waals surface area contributed by atoms with Crippen LogP contribution in [-0.2, 0) is 21.3 Å². The fourth-order valence-electron chi connectivity index (χ4n) is 2.25. The second-order valence-electron chi connectivity index (χ2n) is 5.20. The number of rotatable bonds is 14. The van der Waals surface area contributed by atoms with Crippen molar-refractivity contribution in [2.24, 2.45) is 0 Å². The van der Waals surface area contributed by atoms with Gasteiger partial charge in [0.1, 0.15) is 6.29 Å². The minimum absolute atomic E-state index is 0. The Morgan fingerprint density at radius 2 is 0.944 bits per heavy atom. The van der Waals surface area contributed by atoms with Crippen LogP contribution in [0.25, 0.3) is 0 Å². The molecule has 0 atom stereocenters. The van der Waals surface area contributed by atoms with Crippen molar-refractivity contribution in [1.82, 2.24) is 0 Å². The Hall–Kier alpha value is 0.164. The smallest absolute Gasteiger partial charge is 0.119 e. The molecule has 0 aromatic carbocycles. The van der Waals surface area contributed by atoms with Crippen molar-refractivity contribution in [1.29, 1.82) is 0 Å². The molecule has 0 aliphatic heterocycles. The summed E-state index contributed by atoms with van der Waals surface area (Å²) in [5, 5.41) is 0. The second-order valence-corrected chi connectivity index (χ2v) is 5.20. The van der Waals surface area contributed by atoms with Crippen LogP contribution in [0.3, 0.4) is 0 Å². The third kappa shape index (κ3) is 18.5. The van der Waals surface area contributed by atoms with Gasteiger partial charge < -0.3 is 4.79 Å². The molecule has 0 saturated carbocycles. The van der Waals surface area contributed by atoms with Crippen LogP contribution in [-0.4, -0.2) is 6.29 Å². The Balaban J connectivity index is 0. The second kappa shape index (κ2) is 19.5. The van der Waals surface area contributed by atoms with E-state index >= 15 is 0 Å². The van der Waals surface area contributed by atoms with Gasteiger partial charge in [-0.2, -0.15) is 0 Å². The van der Waals surface area contributed by atoms with E-state index in [-0.39, 0.29) is 16.5 Å². The molecule has 0 saturated heterocycles. The summed E-state index contributed by atoms with van der Waals surface area (Å²) in [4.78, 5) is 10.1. The van der Waals surface area contributed by atoms with Gasteiger partial charge in [-0.1, -0.05) is 84.0 Å². The summed E-state index contributed by atoms with van der Waals surface area (Å²) in [6.45, 7) is 2.27. The normalized spacial score (nSPS) is 10.1. The summed E-state index contributed by atoms with van der Waals surface area (Å²) in [7, 11) is 0.